The first kappa shape index (κ1) is 17.6. The van der Waals surface area contributed by atoms with Crippen molar-refractivity contribution >= 4 is 50.0 Å². The van der Waals surface area contributed by atoms with Crippen molar-refractivity contribution in [3.8, 4) is 0 Å². The van der Waals surface area contributed by atoms with Crippen LogP contribution in [0.25, 0.3) is 10.2 Å². The summed E-state index contributed by atoms with van der Waals surface area (Å²) in [5, 5.41) is 14.6. The molecular formula is C16H13N5O4S2. The number of fused-ring (bicyclic) bond motifs is 2. The molecule has 0 fully saturated rings. The number of nitrogens with one attached hydrogen (secondary N) is 1. The molecule has 0 spiro atoms. The molecule has 138 valence electrons. The standard InChI is InChI=1S/C16H13N5O4S2/c1-8-5-17-16-20(14(8)23)6-9(7-26-16)13(22)19-15-18-11-3-2-10(21(24)25)4-12(11)27-15/h2-5,9H,6-7H2,1H3,(H,18,19,22). The van der Waals surface area contributed by atoms with Gasteiger partial charge in [-0.1, -0.05) is 23.1 Å². The smallest absolute Gasteiger partial charge is 0.270 e. The van der Waals surface area contributed by atoms with Crippen LogP contribution in [0.15, 0.2) is 34.3 Å². The van der Waals surface area contributed by atoms with Crippen molar-refractivity contribution in [1.29, 1.82) is 0 Å². The highest BCUT2D eigenvalue weighted by molar-refractivity contribution is 7.99. The molecule has 1 aromatic carbocycles. The van der Waals surface area contributed by atoms with Crippen LogP contribution >= 0.6 is 23.1 Å². The average Bonchev–Trinajstić information content (AvgIpc) is 3.05. The Morgan fingerprint density at radius 2 is 2.26 bits per heavy atom. The van der Waals surface area contributed by atoms with Gasteiger partial charge in [-0.15, -0.1) is 0 Å². The van der Waals surface area contributed by atoms with Gasteiger partial charge >= 0.3 is 0 Å². The molecular weight excluding hydrogens is 390 g/mol. The number of aryl methyl sites for hydroxylation is 1. The molecule has 0 saturated heterocycles. The number of nitrogens with zero attached hydrogens (tertiary/aromatic N) is 4. The Labute approximate surface area is 160 Å². The second kappa shape index (κ2) is 6.74. The van der Waals surface area contributed by atoms with Crippen LogP contribution in [-0.2, 0) is 11.3 Å². The van der Waals surface area contributed by atoms with E-state index in [9.17, 15) is 19.7 Å². The first-order valence-electron chi connectivity index (χ1n) is 7.97. The van der Waals surface area contributed by atoms with E-state index >= 15 is 0 Å². The topological polar surface area (TPSA) is 120 Å². The van der Waals surface area contributed by atoms with E-state index in [1.54, 1.807) is 19.2 Å². The molecule has 0 bridgehead atoms. The molecule has 1 atom stereocenters. The van der Waals surface area contributed by atoms with Crippen molar-refractivity contribution < 1.29 is 9.72 Å². The molecule has 1 aliphatic heterocycles. The van der Waals surface area contributed by atoms with Gasteiger partial charge in [0, 0.05) is 36.2 Å². The molecule has 3 heterocycles. The van der Waals surface area contributed by atoms with Gasteiger partial charge in [-0.2, -0.15) is 0 Å². The quantitative estimate of drug-likeness (QED) is 0.405. The molecule has 0 aliphatic carbocycles. The highest BCUT2D eigenvalue weighted by Gasteiger charge is 2.27. The number of rotatable bonds is 3. The van der Waals surface area contributed by atoms with Gasteiger partial charge in [0.05, 0.1) is 21.1 Å². The van der Waals surface area contributed by atoms with E-state index in [0.717, 1.165) is 0 Å². The minimum Gasteiger partial charge on any atom is -0.302 e. The maximum absolute atomic E-state index is 12.6. The summed E-state index contributed by atoms with van der Waals surface area (Å²) in [6.45, 7) is 1.95. The van der Waals surface area contributed by atoms with E-state index in [-0.39, 0.29) is 23.7 Å². The minimum absolute atomic E-state index is 0.0217. The Hall–Kier alpha value is -2.79. The molecule has 27 heavy (non-hydrogen) atoms. The van der Waals surface area contributed by atoms with Gasteiger partial charge in [-0.25, -0.2) is 9.97 Å². The Morgan fingerprint density at radius 3 is 3.04 bits per heavy atom. The maximum Gasteiger partial charge on any atom is 0.270 e. The summed E-state index contributed by atoms with van der Waals surface area (Å²) in [7, 11) is 0. The fourth-order valence-electron chi connectivity index (χ4n) is 2.75. The fraction of sp³-hybridized carbons (Fsp3) is 0.250. The lowest BCUT2D eigenvalue weighted by Gasteiger charge is -2.23. The number of nitro groups is 1. The van der Waals surface area contributed by atoms with Crippen LogP contribution in [0.4, 0.5) is 10.8 Å². The van der Waals surface area contributed by atoms with Crippen LogP contribution in [0.3, 0.4) is 0 Å². The van der Waals surface area contributed by atoms with Gasteiger partial charge in [0.1, 0.15) is 0 Å². The van der Waals surface area contributed by atoms with E-state index < -0.39 is 10.8 Å². The number of hydrogen-bond acceptors (Lipinski definition) is 8. The Kier molecular flexibility index (Phi) is 4.40. The number of nitro benzene ring substituents is 1. The number of non-ortho nitro benzene ring substituents is 1. The van der Waals surface area contributed by atoms with E-state index in [1.165, 1.54) is 39.8 Å². The van der Waals surface area contributed by atoms with Gasteiger partial charge in [0.25, 0.3) is 11.2 Å². The number of aromatic nitrogens is 3. The SMILES string of the molecule is Cc1cnc2n(c1=O)CC(C(=O)Nc1nc3ccc([N+](=O)[O-])cc3s1)CS2. The van der Waals surface area contributed by atoms with Crippen molar-refractivity contribution in [3.05, 3.63) is 50.4 Å². The third-order valence-electron chi connectivity index (χ3n) is 4.18. The Bertz CT molecular complexity index is 1140. The highest BCUT2D eigenvalue weighted by atomic mass is 32.2. The second-order valence-corrected chi connectivity index (χ2v) is 8.08. The normalized spacial score (nSPS) is 16.1. The minimum atomic E-state index is -0.470. The van der Waals surface area contributed by atoms with E-state index in [4.69, 9.17) is 0 Å². The van der Waals surface area contributed by atoms with Crippen LogP contribution in [-0.4, -0.2) is 31.1 Å². The molecule has 0 radical (unpaired) electrons. The van der Waals surface area contributed by atoms with Gasteiger partial charge in [-0.3, -0.25) is 24.3 Å². The van der Waals surface area contributed by atoms with E-state index in [2.05, 4.69) is 15.3 Å². The summed E-state index contributed by atoms with van der Waals surface area (Å²) >= 11 is 2.55. The van der Waals surface area contributed by atoms with Crippen LogP contribution in [0.2, 0.25) is 0 Å². The lowest BCUT2D eigenvalue weighted by Crippen LogP contribution is -2.37. The molecule has 11 heteroatoms. The first-order chi connectivity index (χ1) is 12.9. The summed E-state index contributed by atoms with van der Waals surface area (Å²) in [6, 6.07) is 4.37. The van der Waals surface area contributed by atoms with Gasteiger partial charge < -0.3 is 5.32 Å². The largest absolute Gasteiger partial charge is 0.302 e. The number of thioether (sulfide) groups is 1. The van der Waals surface area contributed by atoms with Crippen LogP contribution in [0.1, 0.15) is 5.56 Å². The molecule has 1 unspecified atom stereocenters. The van der Waals surface area contributed by atoms with E-state index in [0.29, 0.717) is 31.8 Å². The number of thiazole rings is 1. The monoisotopic (exact) mass is 403 g/mol. The molecule has 0 saturated carbocycles. The second-order valence-electron chi connectivity index (χ2n) is 6.06. The van der Waals surface area contributed by atoms with Gasteiger partial charge in [0.15, 0.2) is 10.3 Å². The summed E-state index contributed by atoms with van der Waals surface area (Å²) in [5.74, 6) is -0.127. The molecule has 9 nitrogen and oxygen atoms in total. The fourth-order valence-corrected chi connectivity index (χ4v) is 4.70. The zero-order chi connectivity index (χ0) is 19.1. The number of carbonyl (C=O) groups excluding carboxylic acids is 1. The Balaban J connectivity index is 1.54. The van der Waals surface area contributed by atoms with Crippen molar-refractivity contribution in [3.63, 3.8) is 0 Å². The molecule has 1 aliphatic rings. The number of amides is 1. The van der Waals surface area contributed by atoms with Crippen LogP contribution in [0.5, 0.6) is 0 Å². The van der Waals surface area contributed by atoms with Crippen LogP contribution in [0, 0.1) is 23.0 Å². The van der Waals surface area contributed by atoms with Crippen molar-refractivity contribution in [2.24, 2.45) is 5.92 Å². The number of anilines is 1. The molecule has 2 aromatic heterocycles. The first-order valence-corrected chi connectivity index (χ1v) is 9.77. The zero-order valence-corrected chi connectivity index (χ0v) is 15.7. The summed E-state index contributed by atoms with van der Waals surface area (Å²) < 4.78 is 2.15. The van der Waals surface area contributed by atoms with Gasteiger partial charge in [0.2, 0.25) is 5.91 Å². The average molecular weight is 403 g/mol. The lowest BCUT2D eigenvalue weighted by molar-refractivity contribution is -0.384. The molecule has 1 amide bonds. The summed E-state index contributed by atoms with van der Waals surface area (Å²) in [6.07, 6.45) is 1.54. The van der Waals surface area contributed by atoms with Crippen molar-refractivity contribution in [2.75, 3.05) is 11.1 Å². The lowest BCUT2D eigenvalue weighted by atomic mass is 10.1. The predicted octanol–water partition coefficient (Wildman–Crippen LogP) is 2.43. The number of carbonyl (C=O) groups is 1. The number of hydrogen-bond donors (Lipinski definition) is 1. The highest BCUT2D eigenvalue weighted by Crippen LogP contribution is 2.30. The molecule has 1 N–H and O–H groups in total. The third-order valence-corrected chi connectivity index (χ3v) is 6.27. The maximum atomic E-state index is 12.6. The number of benzene rings is 1. The van der Waals surface area contributed by atoms with Crippen LogP contribution < -0.4 is 10.9 Å². The Morgan fingerprint density at radius 1 is 1.44 bits per heavy atom. The zero-order valence-electron chi connectivity index (χ0n) is 14.0. The third kappa shape index (κ3) is 3.30. The van der Waals surface area contributed by atoms with E-state index in [1.807, 2.05) is 0 Å². The summed E-state index contributed by atoms with van der Waals surface area (Å²) in [5.41, 5.74) is 0.956. The molecule has 3 aromatic rings. The predicted molar refractivity (Wildman–Crippen MR) is 102 cm³/mol. The van der Waals surface area contributed by atoms with Crippen molar-refractivity contribution in [2.45, 2.75) is 18.6 Å². The molecule has 4 rings (SSSR count). The summed E-state index contributed by atoms with van der Waals surface area (Å²) in [4.78, 5) is 43.8. The van der Waals surface area contributed by atoms with Crippen molar-refractivity contribution in [1.82, 2.24) is 14.5 Å². The van der Waals surface area contributed by atoms with Gasteiger partial charge in [-0.05, 0) is 13.0 Å².